The number of carbonyl (C=O) groups excluding carboxylic acids is 1. The third-order valence-electron chi connectivity index (χ3n) is 4.78. The monoisotopic (exact) mass is 371 g/mol. The van der Waals surface area contributed by atoms with E-state index in [4.69, 9.17) is 4.42 Å². The van der Waals surface area contributed by atoms with E-state index >= 15 is 0 Å². The van der Waals surface area contributed by atoms with Crippen molar-refractivity contribution in [2.75, 3.05) is 5.32 Å². The number of aromatic nitrogens is 3. The largest absolute Gasteiger partial charge is 0.444 e. The van der Waals surface area contributed by atoms with Crippen LogP contribution in [0.2, 0.25) is 0 Å². The van der Waals surface area contributed by atoms with E-state index in [9.17, 15) is 10.1 Å². The van der Waals surface area contributed by atoms with Gasteiger partial charge in [0.15, 0.2) is 5.82 Å². The molecule has 0 saturated carbocycles. The zero-order valence-corrected chi connectivity index (χ0v) is 15.6. The van der Waals surface area contributed by atoms with Crippen molar-refractivity contribution in [1.82, 2.24) is 14.8 Å². The SMILES string of the molecule is Cc1oc(NC(=O)c2cnn(-c3ccc4ccccc4n3)c2C)c(C#N)c1C. The summed E-state index contributed by atoms with van der Waals surface area (Å²) < 4.78 is 7.13. The van der Waals surface area contributed by atoms with Crippen LogP contribution in [-0.4, -0.2) is 20.7 Å². The molecule has 0 fully saturated rings. The Morgan fingerprint density at radius 3 is 2.75 bits per heavy atom. The number of carbonyl (C=O) groups is 1. The Hall–Kier alpha value is -3.92. The maximum atomic E-state index is 12.7. The Morgan fingerprint density at radius 2 is 1.96 bits per heavy atom. The van der Waals surface area contributed by atoms with E-state index in [1.54, 1.807) is 25.5 Å². The second-order valence-electron chi connectivity index (χ2n) is 6.47. The summed E-state index contributed by atoms with van der Waals surface area (Å²) in [6, 6.07) is 13.7. The van der Waals surface area contributed by atoms with Gasteiger partial charge < -0.3 is 4.42 Å². The van der Waals surface area contributed by atoms with Gasteiger partial charge in [-0.3, -0.25) is 10.1 Å². The molecule has 4 rings (SSSR count). The van der Waals surface area contributed by atoms with Crippen LogP contribution in [0.5, 0.6) is 0 Å². The highest BCUT2D eigenvalue weighted by molar-refractivity contribution is 6.05. The van der Waals surface area contributed by atoms with Crippen molar-refractivity contribution in [3.8, 4) is 11.9 Å². The number of nitrogens with zero attached hydrogens (tertiary/aromatic N) is 4. The molecular formula is C21H17N5O2. The quantitative estimate of drug-likeness (QED) is 0.586. The normalized spacial score (nSPS) is 10.8. The van der Waals surface area contributed by atoms with Crippen LogP contribution in [0.15, 0.2) is 47.0 Å². The van der Waals surface area contributed by atoms with Crippen LogP contribution in [0.25, 0.3) is 16.7 Å². The first-order valence-electron chi connectivity index (χ1n) is 8.72. The Morgan fingerprint density at radius 1 is 1.18 bits per heavy atom. The number of furan rings is 1. The van der Waals surface area contributed by atoms with Gasteiger partial charge in [-0.05, 0) is 39.0 Å². The van der Waals surface area contributed by atoms with E-state index in [2.05, 4.69) is 21.5 Å². The summed E-state index contributed by atoms with van der Waals surface area (Å²) in [6.07, 6.45) is 1.48. The average molecular weight is 371 g/mol. The van der Waals surface area contributed by atoms with Crippen molar-refractivity contribution in [2.24, 2.45) is 0 Å². The summed E-state index contributed by atoms with van der Waals surface area (Å²) in [7, 11) is 0. The molecule has 0 spiro atoms. The van der Waals surface area contributed by atoms with Crippen molar-refractivity contribution in [1.29, 1.82) is 5.26 Å². The van der Waals surface area contributed by atoms with Crippen LogP contribution in [0.4, 0.5) is 5.88 Å². The predicted octanol–water partition coefficient (Wildman–Crippen LogP) is 4.06. The molecule has 3 heterocycles. The molecule has 3 aromatic heterocycles. The molecule has 7 nitrogen and oxygen atoms in total. The van der Waals surface area contributed by atoms with Crippen molar-refractivity contribution in [3.63, 3.8) is 0 Å². The molecule has 0 aliphatic carbocycles. The van der Waals surface area contributed by atoms with Gasteiger partial charge in [0.25, 0.3) is 5.91 Å². The van der Waals surface area contributed by atoms with Gasteiger partial charge >= 0.3 is 0 Å². The summed E-state index contributed by atoms with van der Waals surface area (Å²) in [5.74, 6) is 0.977. The predicted molar refractivity (Wildman–Crippen MR) is 104 cm³/mol. The third-order valence-corrected chi connectivity index (χ3v) is 4.78. The molecule has 0 aliphatic rings. The fourth-order valence-electron chi connectivity index (χ4n) is 3.06. The minimum atomic E-state index is -0.394. The molecule has 0 bridgehead atoms. The van der Waals surface area contributed by atoms with Gasteiger partial charge in [0.05, 0.1) is 23.0 Å². The number of nitriles is 1. The second-order valence-corrected chi connectivity index (χ2v) is 6.47. The standard InChI is InChI=1S/C21H17N5O2/c1-12-14(3)28-21(16(12)10-22)25-20(27)17-11-23-26(13(17)2)19-9-8-15-6-4-5-7-18(15)24-19/h4-9,11H,1-3H3,(H,25,27). The molecule has 4 aromatic rings. The van der Waals surface area contributed by atoms with E-state index in [-0.39, 0.29) is 5.88 Å². The fourth-order valence-corrected chi connectivity index (χ4v) is 3.06. The number of benzene rings is 1. The highest BCUT2D eigenvalue weighted by atomic mass is 16.4. The van der Waals surface area contributed by atoms with E-state index in [0.29, 0.717) is 34.0 Å². The minimum Gasteiger partial charge on any atom is -0.444 e. The molecule has 0 radical (unpaired) electrons. The summed E-state index contributed by atoms with van der Waals surface area (Å²) in [5, 5.41) is 17.3. The van der Waals surface area contributed by atoms with Crippen molar-refractivity contribution in [3.05, 3.63) is 70.7 Å². The molecular weight excluding hydrogens is 354 g/mol. The first-order chi connectivity index (χ1) is 13.5. The Labute approximate surface area is 161 Å². The number of anilines is 1. The zero-order chi connectivity index (χ0) is 19.8. The number of amides is 1. The molecule has 28 heavy (non-hydrogen) atoms. The number of nitrogens with one attached hydrogen (secondary N) is 1. The summed E-state index contributed by atoms with van der Waals surface area (Å²) in [5.41, 5.74) is 2.91. The Bertz CT molecular complexity index is 1260. The lowest BCUT2D eigenvalue weighted by Crippen LogP contribution is -2.13. The van der Waals surface area contributed by atoms with Crippen LogP contribution in [0, 0.1) is 32.1 Å². The molecule has 0 atom stereocenters. The van der Waals surface area contributed by atoms with E-state index in [1.807, 2.05) is 36.4 Å². The van der Waals surface area contributed by atoms with Crippen LogP contribution < -0.4 is 5.32 Å². The van der Waals surface area contributed by atoms with Gasteiger partial charge in [-0.1, -0.05) is 18.2 Å². The van der Waals surface area contributed by atoms with Gasteiger partial charge in [-0.2, -0.15) is 10.4 Å². The molecule has 1 amide bonds. The van der Waals surface area contributed by atoms with Crippen molar-refractivity contribution >= 4 is 22.7 Å². The second kappa shape index (κ2) is 6.67. The van der Waals surface area contributed by atoms with E-state index in [0.717, 1.165) is 10.9 Å². The number of aryl methyl sites for hydroxylation is 1. The molecule has 0 saturated heterocycles. The number of hydrogen-bond acceptors (Lipinski definition) is 5. The summed E-state index contributed by atoms with van der Waals surface area (Å²) >= 11 is 0. The zero-order valence-electron chi connectivity index (χ0n) is 15.6. The lowest BCUT2D eigenvalue weighted by Gasteiger charge is -2.06. The topological polar surface area (TPSA) is 96.7 Å². The smallest absolute Gasteiger partial charge is 0.261 e. The van der Waals surface area contributed by atoms with Crippen LogP contribution in [0.1, 0.15) is 32.9 Å². The average Bonchev–Trinajstić information content (AvgIpc) is 3.21. The van der Waals surface area contributed by atoms with Crippen LogP contribution in [-0.2, 0) is 0 Å². The number of hydrogen-bond donors (Lipinski definition) is 1. The Kier molecular flexibility index (Phi) is 4.17. The number of para-hydroxylation sites is 1. The molecule has 0 aliphatic heterocycles. The lowest BCUT2D eigenvalue weighted by molar-refractivity contribution is 0.102. The number of rotatable bonds is 3. The maximum absolute atomic E-state index is 12.7. The van der Waals surface area contributed by atoms with Gasteiger partial charge in [0.1, 0.15) is 17.4 Å². The fraction of sp³-hybridized carbons (Fsp3) is 0.143. The molecule has 138 valence electrons. The van der Waals surface area contributed by atoms with Crippen LogP contribution in [0.3, 0.4) is 0 Å². The van der Waals surface area contributed by atoms with Crippen LogP contribution >= 0.6 is 0 Å². The molecule has 1 N–H and O–H groups in total. The van der Waals surface area contributed by atoms with Gasteiger partial charge in [-0.15, -0.1) is 0 Å². The van der Waals surface area contributed by atoms with Gasteiger partial charge in [0.2, 0.25) is 5.88 Å². The highest BCUT2D eigenvalue weighted by Gasteiger charge is 2.21. The Balaban J connectivity index is 1.67. The number of fused-ring (bicyclic) bond motifs is 1. The van der Waals surface area contributed by atoms with Crippen molar-refractivity contribution in [2.45, 2.75) is 20.8 Å². The number of pyridine rings is 1. The third kappa shape index (κ3) is 2.81. The van der Waals surface area contributed by atoms with E-state index in [1.165, 1.54) is 6.20 Å². The van der Waals surface area contributed by atoms with Crippen molar-refractivity contribution < 1.29 is 9.21 Å². The highest BCUT2D eigenvalue weighted by Crippen LogP contribution is 2.26. The molecule has 1 aromatic carbocycles. The lowest BCUT2D eigenvalue weighted by atomic mass is 10.2. The van der Waals surface area contributed by atoms with Gasteiger partial charge in [0, 0.05) is 10.9 Å². The molecule has 7 heteroatoms. The maximum Gasteiger partial charge on any atom is 0.261 e. The summed E-state index contributed by atoms with van der Waals surface area (Å²) in [4.78, 5) is 17.3. The first kappa shape index (κ1) is 17.5. The molecule has 0 unspecified atom stereocenters. The van der Waals surface area contributed by atoms with Gasteiger partial charge in [-0.25, -0.2) is 9.67 Å². The minimum absolute atomic E-state index is 0.151. The summed E-state index contributed by atoms with van der Waals surface area (Å²) in [6.45, 7) is 5.32. The first-order valence-corrected chi connectivity index (χ1v) is 8.72. The van der Waals surface area contributed by atoms with E-state index < -0.39 is 5.91 Å².